The van der Waals surface area contributed by atoms with Crippen molar-refractivity contribution in [2.24, 2.45) is 0 Å². The zero-order valence-corrected chi connectivity index (χ0v) is 10.1. The smallest absolute Gasteiger partial charge is 0.153 e. The maximum absolute atomic E-state index is 4.26. The summed E-state index contributed by atoms with van der Waals surface area (Å²) in [5, 5.41) is 11.8. The van der Waals surface area contributed by atoms with Crippen LogP contribution in [0.15, 0.2) is 12.3 Å². The van der Waals surface area contributed by atoms with Gasteiger partial charge in [0.15, 0.2) is 5.82 Å². The van der Waals surface area contributed by atoms with Gasteiger partial charge in [-0.15, -0.1) is 5.10 Å². The van der Waals surface area contributed by atoms with Gasteiger partial charge in [-0.2, -0.15) is 5.10 Å². The van der Waals surface area contributed by atoms with Gasteiger partial charge in [0, 0.05) is 45.3 Å². The minimum Gasteiger partial charge on any atom is -0.370 e. The number of hydrogen-bond donors (Lipinski definition) is 1. The Balaban J connectivity index is 1.77. The Hall–Kier alpha value is -1.36. The van der Waals surface area contributed by atoms with Crippen molar-refractivity contribution in [3.05, 3.63) is 12.3 Å². The van der Waals surface area contributed by atoms with Crippen molar-refractivity contribution >= 4 is 11.5 Å². The molecule has 5 nitrogen and oxygen atoms in total. The molecule has 2 aliphatic rings. The molecule has 0 bridgehead atoms. The van der Waals surface area contributed by atoms with Crippen LogP contribution in [-0.4, -0.2) is 49.5 Å². The zero-order valence-electron chi connectivity index (χ0n) is 10.1. The third kappa shape index (κ3) is 2.34. The fraction of sp³-hybridized carbons (Fsp3) is 0.667. The van der Waals surface area contributed by atoms with Crippen LogP contribution in [0.25, 0.3) is 0 Å². The Kier molecular flexibility index (Phi) is 3.09. The van der Waals surface area contributed by atoms with Crippen molar-refractivity contribution in [1.29, 1.82) is 0 Å². The number of rotatable bonds is 2. The van der Waals surface area contributed by atoms with Gasteiger partial charge in [-0.3, -0.25) is 0 Å². The fourth-order valence-electron chi connectivity index (χ4n) is 2.54. The standard InChI is InChI=1S/C12H19N5/c1-2-6-16(5-1)11-9-12(15-14-10-11)17-7-3-13-4-8-17/h9-10,13H,1-8H2. The molecule has 92 valence electrons. The quantitative estimate of drug-likeness (QED) is 0.805. The van der Waals surface area contributed by atoms with Gasteiger partial charge in [0.05, 0.1) is 11.9 Å². The molecular formula is C12H19N5. The van der Waals surface area contributed by atoms with E-state index in [4.69, 9.17) is 0 Å². The first-order chi connectivity index (χ1) is 8.43. The maximum atomic E-state index is 4.26. The number of aromatic nitrogens is 2. The summed E-state index contributed by atoms with van der Waals surface area (Å²) in [5.74, 6) is 1.02. The zero-order chi connectivity index (χ0) is 11.5. The van der Waals surface area contributed by atoms with Gasteiger partial charge < -0.3 is 15.1 Å². The lowest BCUT2D eigenvalue weighted by Crippen LogP contribution is -2.44. The van der Waals surface area contributed by atoms with Crippen LogP contribution in [0.1, 0.15) is 12.8 Å². The van der Waals surface area contributed by atoms with Crippen molar-refractivity contribution in [3.63, 3.8) is 0 Å². The molecule has 2 saturated heterocycles. The van der Waals surface area contributed by atoms with Crippen molar-refractivity contribution in [2.75, 3.05) is 49.1 Å². The van der Waals surface area contributed by atoms with Gasteiger partial charge in [0.25, 0.3) is 0 Å². The second-order valence-electron chi connectivity index (χ2n) is 4.70. The number of hydrogen-bond acceptors (Lipinski definition) is 5. The van der Waals surface area contributed by atoms with Crippen LogP contribution < -0.4 is 15.1 Å². The second kappa shape index (κ2) is 4.87. The molecule has 2 aliphatic heterocycles. The van der Waals surface area contributed by atoms with Crippen molar-refractivity contribution in [2.45, 2.75) is 12.8 Å². The van der Waals surface area contributed by atoms with Crippen molar-refractivity contribution < 1.29 is 0 Å². The van der Waals surface area contributed by atoms with E-state index in [1.165, 1.54) is 18.5 Å². The minimum atomic E-state index is 1.02. The van der Waals surface area contributed by atoms with Gasteiger partial charge in [-0.05, 0) is 12.8 Å². The average Bonchev–Trinajstić information content (AvgIpc) is 2.94. The summed E-state index contributed by atoms with van der Waals surface area (Å²) in [5.41, 5.74) is 1.23. The molecule has 0 radical (unpaired) electrons. The SMILES string of the molecule is c1nnc(N2CCNCC2)cc1N1CCCC1. The van der Waals surface area contributed by atoms with E-state index in [0.717, 1.165) is 45.1 Å². The first-order valence-corrected chi connectivity index (χ1v) is 6.47. The summed E-state index contributed by atoms with van der Waals surface area (Å²) in [6, 6.07) is 2.18. The third-order valence-corrected chi connectivity index (χ3v) is 3.54. The molecule has 0 aliphatic carbocycles. The highest BCUT2D eigenvalue weighted by atomic mass is 15.3. The highest BCUT2D eigenvalue weighted by Gasteiger charge is 2.16. The Morgan fingerprint density at radius 1 is 1.00 bits per heavy atom. The predicted octanol–water partition coefficient (Wildman–Crippen LogP) is 0.486. The van der Waals surface area contributed by atoms with E-state index in [2.05, 4.69) is 31.4 Å². The monoisotopic (exact) mass is 233 g/mol. The van der Waals surface area contributed by atoms with E-state index in [-0.39, 0.29) is 0 Å². The molecule has 1 aromatic rings. The predicted molar refractivity (Wildman–Crippen MR) is 68.6 cm³/mol. The molecule has 0 amide bonds. The molecule has 1 aromatic heterocycles. The molecule has 3 rings (SSSR count). The minimum absolute atomic E-state index is 1.02. The molecule has 3 heterocycles. The number of nitrogens with zero attached hydrogens (tertiary/aromatic N) is 4. The van der Waals surface area contributed by atoms with Gasteiger partial charge >= 0.3 is 0 Å². The van der Waals surface area contributed by atoms with E-state index in [0.29, 0.717) is 0 Å². The van der Waals surface area contributed by atoms with Crippen LogP contribution in [0.2, 0.25) is 0 Å². The summed E-state index contributed by atoms with van der Waals surface area (Å²) < 4.78 is 0. The topological polar surface area (TPSA) is 44.3 Å². The second-order valence-corrected chi connectivity index (χ2v) is 4.70. The molecule has 1 N–H and O–H groups in total. The third-order valence-electron chi connectivity index (χ3n) is 3.54. The van der Waals surface area contributed by atoms with Crippen LogP contribution in [0, 0.1) is 0 Å². The number of anilines is 2. The van der Waals surface area contributed by atoms with E-state index in [9.17, 15) is 0 Å². The lowest BCUT2D eigenvalue weighted by molar-refractivity contribution is 0.582. The van der Waals surface area contributed by atoms with Gasteiger partial charge in [0.2, 0.25) is 0 Å². The van der Waals surface area contributed by atoms with Crippen LogP contribution in [0.4, 0.5) is 11.5 Å². The molecule has 0 unspecified atom stereocenters. The Labute approximate surface area is 102 Å². The summed E-state index contributed by atoms with van der Waals surface area (Å²) in [6.07, 6.45) is 4.48. The van der Waals surface area contributed by atoms with Crippen molar-refractivity contribution in [3.8, 4) is 0 Å². The molecule has 0 atom stereocenters. The molecule has 0 aromatic carbocycles. The van der Waals surface area contributed by atoms with Crippen LogP contribution in [-0.2, 0) is 0 Å². The largest absolute Gasteiger partial charge is 0.370 e. The Morgan fingerprint density at radius 3 is 2.53 bits per heavy atom. The van der Waals surface area contributed by atoms with E-state index in [1.807, 2.05) is 6.20 Å². The highest BCUT2D eigenvalue weighted by molar-refractivity contribution is 5.54. The first-order valence-electron chi connectivity index (χ1n) is 6.47. The van der Waals surface area contributed by atoms with E-state index in [1.54, 1.807) is 0 Å². The first kappa shape index (κ1) is 10.8. The number of piperazine rings is 1. The molecule has 2 fully saturated rings. The van der Waals surface area contributed by atoms with Crippen LogP contribution in [0.5, 0.6) is 0 Å². The lowest BCUT2D eigenvalue weighted by Gasteiger charge is -2.28. The maximum Gasteiger partial charge on any atom is 0.153 e. The molecular weight excluding hydrogens is 214 g/mol. The van der Waals surface area contributed by atoms with E-state index < -0.39 is 0 Å². The van der Waals surface area contributed by atoms with E-state index >= 15 is 0 Å². The Morgan fingerprint density at radius 2 is 1.76 bits per heavy atom. The summed E-state index contributed by atoms with van der Waals surface area (Å²) >= 11 is 0. The summed E-state index contributed by atoms with van der Waals surface area (Å²) in [6.45, 7) is 6.45. The van der Waals surface area contributed by atoms with Gasteiger partial charge in [0.1, 0.15) is 0 Å². The molecule has 5 heteroatoms. The van der Waals surface area contributed by atoms with Crippen LogP contribution in [0.3, 0.4) is 0 Å². The summed E-state index contributed by atoms with van der Waals surface area (Å²) in [7, 11) is 0. The Bertz CT molecular complexity index is 369. The summed E-state index contributed by atoms with van der Waals surface area (Å²) in [4.78, 5) is 4.71. The number of nitrogens with one attached hydrogen (secondary N) is 1. The van der Waals surface area contributed by atoms with Gasteiger partial charge in [-0.25, -0.2) is 0 Å². The van der Waals surface area contributed by atoms with Crippen molar-refractivity contribution in [1.82, 2.24) is 15.5 Å². The molecule has 0 saturated carbocycles. The van der Waals surface area contributed by atoms with Gasteiger partial charge in [-0.1, -0.05) is 0 Å². The highest BCUT2D eigenvalue weighted by Crippen LogP contribution is 2.22. The molecule has 0 spiro atoms. The average molecular weight is 233 g/mol. The van der Waals surface area contributed by atoms with Crippen LogP contribution >= 0.6 is 0 Å². The normalized spacial score (nSPS) is 20.9. The molecule has 17 heavy (non-hydrogen) atoms. The fourth-order valence-corrected chi connectivity index (χ4v) is 2.54. The lowest BCUT2D eigenvalue weighted by atomic mass is 10.3.